The molecule has 0 atom stereocenters. The number of nitrogens with zero attached hydrogens (tertiary/aromatic N) is 2. The first-order valence-electron chi connectivity index (χ1n) is 11.3. The summed E-state index contributed by atoms with van der Waals surface area (Å²) < 4.78 is 4.78. The number of esters is 1. The number of carbonyl (C=O) groups is 1. The third kappa shape index (κ3) is 5.91. The Balaban J connectivity index is 1.82. The average molecular weight is 490 g/mol. The van der Waals surface area contributed by atoms with Crippen molar-refractivity contribution in [2.75, 3.05) is 21.2 Å². The molecule has 0 aliphatic carbocycles. The Morgan fingerprint density at radius 2 is 1.83 bits per heavy atom. The van der Waals surface area contributed by atoms with Crippen LogP contribution in [-0.2, 0) is 22.5 Å². The summed E-state index contributed by atoms with van der Waals surface area (Å²) in [5.41, 5.74) is 5.70. The van der Waals surface area contributed by atoms with Gasteiger partial charge < -0.3 is 19.7 Å². The molecule has 0 aliphatic rings. The summed E-state index contributed by atoms with van der Waals surface area (Å²) in [4.78, 5) is 21.8. The number of rotatable bonds is 8. The number of carbonyl (C=O) groups excluding carboxylic acids is 1. The molecule has 0 saturated carbocycles. The SMILES string of the molecule is COC(=O)CCc1cccc(C(=Nc2ccc(CN(C)C)cc2)c2c(O)[nH]c3cc(Cl)ccc23)c1. The lowest BCUT2D eigenvalue weighted by atomic mass is 9.97. The number of nitrogens with one attached hydrogen (secondary N) is 1. The zero-order chi connectivity index (χ0) is 24.9. The highest BCUT2D eigenvalue weighted by atomic mass is 35.5. The topological polar surface area (TPSA) is 77.9 Å². The molecule has 0 aliphatic heterocycles. The van der Waals surface area contributed by atoms with Crippen LogP contribution in [0.1, 0.15) is 28.7 Å². The molecule has 6 nitrogen and oxygen atoms in total. The van der Waals surface area contributed by atoms with Crippen molar-refractivity contribution < 1.29 is 14.6 Å². The summed E-state index contributed by atoms with van der Waals surface area (Å²) in [7, 11) is 5.45. The molecule has 4 aromatic rings. The fraction of sp³-hybridized carbons (Fsp3) is 0.214. The Labute approximate surface area is 209 Å². The van der Waals surface area contributed by atoms with E-state index >= 15 is 0 Å². The van der Waals surface area contributed by atoms with Gasteiger partial charge in [0.1, 0.15) is 0 Å². The van der Waals surface area contributed by atoms with Crippen LogP contribution in [0.5, 0.6) is 5.88 Å². The molecular weight excluding hydrogens is 462 g/mol. The number of benzene rings is 3. The Morgan fingerprint density at radius 3 is 2.54 bits per heavy atom. The zero-order valence-corrected chi connectivity index (χ0v) is 20.8. The molecular formula is C28H28ClN3O3. The fourth-order valence-corrected chi connectivity index (χ4v) is 4.22. The maximum absolute atomic E-state index is 11.6. The monoisotopic (exact) mass is 489 g/mol. The minimum atomic E-state index is -0.256. The van der Waals surface area contributed by atoms with E-state index in [0.29, 0.717) is 22.7 Å². The number of ether oxygens (including phenoxy) is 1. The predicted octanol–water partition coefficient (Wildman–Crippen LogP) is 5.86. The van der Waals surface area contributed by atoms with Crippen molar-refractivity contribution in [1.29, 1.82) is 0 Å². The number of halogens is 1. The van der Waals surface area contributed by atoms with E-state index < -0.39 is 0 Å². The molecule has 180 valence electrons. The lowest BCUT2D eigenvalue weighted by molar-refractivity contribution is -0.140. The third-order valence-corrected chi connectivity index (χ3v) is 5.93. The van der Waals surface area contributed by atoms with E-state index in [0.717, 1.165) is 34.3 Å². The van der Waals surface area contributed by atoms with Gasteiger partial charge in [-0.25, -0.2) is 4.99 Å². The van der Waals surface area contributed by atoms with E-state index in [9.17, 15) is 9.90 Å². The highest BCUT2D eigenvalue weighted by molar-refractivity contribution is 6.31. The van der Waals surface area contributed by atoms with E-state index in [1.165, 1.54) is 12.7 Å². The van der Waals surface area contributed by atoms with Gasteiger partial charge in [0, 0.05) is 28.9 Å². The second-order valence-corrected chi connectivity index (χ2v) is 9.12. The predicted molar refractivity (Wildman–Crippen MR) is 141 cm³/mol. The first kappa shape index (κ1) is 24.5. The van der Waals surface area contributed by atoms with E-state index in [4.69, 9.17) is 21.3 Å². The van der Waals surface area contributed by atoms with Gasteiger partial charge in [-0.05, 0) is 62.0 Å². The van der Waals surface area contributed by atoms with Crippen molar-refractivity contribution >= 4 is 39.9 Å². The number of aromatic amines is 1. The molecule has 35 heavy (non-hydrogen) atoms. The van der Waals surface area contributed by atoms with Crippen LogP contribution in [0.4, 0.5) is 5.69 Å². The molecule has 0 amide bonds. The van der Waals surface area contributed by atoms with Crippen molar-refractivity contribution in [3.05, 3.63) is 94.0 Å². The van der Waals surface area contributed by atoms with E-state index in [1.807, 2.05) is 56.6 Å². The molecule has 7 heteroatoms. The van der Waals surface area contributed by atoms with Gasteiger partial charge in [0.15, 0.2) is 5.88 Å². The van der Waals surface area contributed by atoms with Gasteiger partial charge in [-0.15, -0.1) is 0 Å². The summed E-state index contributed by atoms with van der Waals surface area (Å²) >= 11 is 6.18. The number of aromatic hydroxyl groups is 1. The van der Waals surface area contributed by atoms with Gasteiger partial charge in [-0.1, -0.05) is 48.0 Å². The standard InChI is InChI=1S/C28H28ClN3O3/c1-32(2)17-19-7-11-22(12-8-19)30-27(20-6-4-5-18(15-20)9-14-25(33)35-3)26-23-13-10-21(29)16-24(23)31-28(26)34/h4-8,10-13,15-16,31,34H,9,14,17H2,1-3H3. The Morgan fingerprint density at radius 1 is 1.06 bits per heavy atom. The Hall–Kier alpha value is -3.61. The molecule has 1 aromatic heterocycles. The first-order chi connectivity index (χ1) is 16.8. The highest BCUT2D eigenvalue weighted by Crippen LogP contribution is 2.33. The van der Waals surface area contributed by atoms with Gasteiger partial charge >= 0.3 is 5.97 Å². The number of methoxy groups -OCH3 is 1. The molecule has 0 radical (unpaired) electrons. The van der Waals surface area contributed by atoms with Crippen LogP contribution in [0.3, 0.4) is 0 Å². The lowest BCUT2D eigenvalue weighted by Crippen LogP contribution is -2.10. The Kier molecular flexibility index (Phi) is 7.54. The average Bonchev–Trinajstić information content (AvgIpc) is 3.16. The number of hydrogen-bond acceptors (Lipinski definition) is 5. The van der Waals surface area contributed by atoms with Crippen LogP contribution in [0, 0.1) is 0 Å². The molecule has 0 bridgehead atoms. The molecule has 0 unspecified atom stereocenters. The van der Waals surface area contributed by atoms with Gasteiger partial charge in [0.25, 0.3) is 0 Å². The largest absolute Gasteiger partial charge is 0.494 e. The summed E-state index contributed by atoms with van der Waals surface area (Å²) in [5, 5.41) is 12.3. The molecule has 0 fully saturated rings. The van der Waals surface area contributed by atoms with Crippen LogP contribution in [0.15, 0.2) is 71.7 Å². The molecule has 3 aromatic carbocycles. The normalized spacial score (nSPS) is 11.9. The fourth-order valence-electron chi connectivity index (χ4n) is 4.05. The summed E-state index contributed by atoms with van der Waals surface area (Å²) in [6.07, 6.45) is 0.832. The van der Waals surface area contributed by atoms with Crippen molar-refractivity contribution in [3.8, 4) is 5.88 Å². The van der Waals surface area contributed by atoms with Crippen molar-refractivity contribution in [2.24, 2.45) is 4.99 Å². The van der Waals surface area contributed by atoms with Gasteiger partial charge in [0.2, 0.25) is 0 Å². The number of hydrogen-bond donors (Lipinski definition) is 2. The van der Waals surface area contributed by atoms with Crippen LogP contribution >= 0.6 is 11.6 Å². The van der Waals surface area contributed by atoms with Gasteiger partial charge in [-0.2, -0.15) is 0 Å². The maximum Gasteiger partial charge on any atom is 0.305 e. The minimum Gasteiger partial charge on any atom is -0.494 e. The highest BCUT2D eigenvalue weighted by Gasteiger charge is 2.19. The summed E-state index contributed by atoms with van der Waals surface area (Å²) in [5.74, 6) is -0.238. The van der Waals surface area contributed by atoms with Crippen LogP contribution in [-0.4, -0.2) is 47.9 Å². The van der Waals surface area contributed by atoms with Crippen molar-refractivity contribution in [2.45, 2.75) is 19.4 Å². The molecule has 0 saturated heterocycles. The Bertz CT molecular complexity index is 1370. The lowest BCUT2D eigenvalue weighted by Gasteiger charge is -2.11. The molecule has 0 spiro atoms. The summed E-state index contributed by atoms with van der Waals surface area (Å²) in [6.45, 7) is 0.836. The molecule has 4 rings (SSSR count). The van der Waals surface area contributed by atoms with Crippen LogP contribution in [0.2, 0.25) is 5.02 Å². The quantitative estimate of drug-likeness (QED) is 0.240. The summed E-state index contributed by atoms with van der Waals surface area (Å²) in [6, 6.07) is 21.4. The number of fused-ring (bicyclic) bond motifs is 1. The maximum atomic E-state index is 11.6. The van der Waals surface area contributed by atoms with Crippen molar-refractivity contribution in [3.63, 3.8) is 0 Å². The number of aryl methyl sites for hydroxylation is 1. The third-order valence-electron chi connectivity index (χ3n) is 5.70. The smallest absolute Gasteiger partial charge is 0.305 e. The molecule has 2 N–H and O–H groups in total. The minimum absolute atomic E-state index is 0.0187. The van der Waals surface area contributed by atoms with Crippen molar-refractivity contribution in [1.82, 2.24) is 9.88 Å². The van der Waals surface area contributed by atoms with Crippen LogP contribution in [0.25, 0.3) is 10.9 Å². The zero-order valence-electron chi connectivity index (χ0n) is 20.0. The second-order valence-electron chi connectivity index (χ2n) is 8.68. The van der Waals surface area contributed by atoms with E-state index in [2.05, 4.69) is 22.0 Å². The number of aromatic nitrogens is 1. The second kappa shape index (κ2) is 10.8. The first-order valence-corrected chi connectivity index (χ1v) is 11.7. The number of aliphatic imine (C=N–C) groups is 1. The van der Waals surface area contributed by atoms with Crippen LogP contribution < -0.4 is 0 Å². The van der Waals surface area contributed by atoms with Gasteiger partial charge in [-0.3, -0.25) is 4.79 Å². The molecule has 1 heterocycles. The number of H-pyrrole nitrogens is 1. The van der Waals surface area contributed by atoms with E-state index in [-0.39, 0.29) is 18.3 Å². The van der Waals surface area contributed by atoms with Gasteiger partial charge in [0.05, 0.1) is 29.6 Å². The van der Waals surface area contributed by atoms with E-state index in [1.54, 1.807) is 12.1 Å².